The van der Waals surface area contributed by atoms with E-state index in [1.54, 1.807) is 18.2 Å². The van der Waals surface area contributed by atoms with E-state index in [4.69, 9.17) is 10.8 Å². The summed E-state index contributed by atoms with van der Waals surface area (Å²) >= 11 is 1.22. The summed E-state index contributed by atoms with van der Waals surface area (Å²) in [5.41, 5.74) is 5.77. The van der Waals surface area contributed by atoms with Gasteiger partial charge in [0.25, 0.3) is 0 Å². The topological polar surface area (TPSA) is 63.3 Å². The van der Waals surface area contributed by atoms with E-state index < -0.39 is 5.97 Å². The summed E-state index contributed by atoms with van der Waals surface area (Å²) in [6.45, 7) is 3.58. The van der Waals surface area contributed by atoms with Crippen molar-refractivity contribution < 1.29 is 9.90 Å². The fraction of sp³-hybridized carbons (Fsp3) is 0.222. The smallest absolute Gasteiger partial charge is 0.345 e. The SMILES string of the molecule is C=CC[C@@H](N)c1ccc(C(=O)O)s1. The lowest BCUT2D eigenvalue weighted by atomic mass is 10.2. The second-order valence-electron chi connectivity index (χ2n) is 2.64. The highest BCUT2D eigenvalue weighted by atomic mass is 32.1. The second kappa shape index (κ2) is 4.20. The number of aromatic carboxylic acids is 1. The molecular formula is C9H11NO2S. The van der Waals surface area contributed by atoms with Crippen molar-refractivity contribution in [3.63, 3.8) is 0 Å². The van der Waals surface area contributed by atoms with Crippen molar-refractivity contribution in [2.24, 2.45) is 5.73 Å². The molecule has 13 heavy (non-hydrogen) atoms. The third kappa shape index (κ3) is 2.40. The summed E-state index contributed by atoms with van der Waals surface area (Å²) in [6, 6.07) is 3.20. The van der Waals surface area contributed by atoms with Crippen LogP contribution in [0.25, 0.3) is 0 Å². The number of hydrogen-bond acceptors (Lipinski definition) is 3. The number of nitrogens with two attached hydrogens (primary N) is 1. The van der Waals surface area contributed by atoms with Gasteiger partial charge in [-0.2, -0.15) is 0 Å². The number of carboxylic acid groups (broad SMARTS) is 1. The molecule has 1 atom stereocenters. The maximum absolute atomic E-state index is 10.5. The molecule has 1 rings (SSSR count). The standard InChI is InChI=1S/C9H11NO2S/c1-2-3-6(10)7-4-5-8(13-7)9(11)12/h2,4-6H,1,3,10H2,(H,11,12)/t6-/m1/s1. The summed E-state index contributed by atoms with van der Waals surface area (Å²) in [6.07, 6.45) is 2.39. The maximum Gasteiger partial charge on any atom is 0.345 e. The molecule has 0 radical (unpaired) electrons. The van der Waals surface area contributed by atoms with Gasteiger partial charge in [0.05, 0.1) is 0 Å². The van der Waals surface area contributed by atoms with Crippen LogP contribution in [0.2, 0.25) is 0 Å². The first-order valence-electron chi connectivity index (χ1n) is 3.84. The maximum atomic E-state index is 10.5. The zero-order valence-corrected chi connectivity index (χ0v) is 7.88. The second-order valence-corrected chi connectivity index (χ2v) is 3.75. The number of rotatable bonds is 4. The number of hydrogen-bond donors (Lipinski definition) is 2. The first kappa shape index (κ1) is 9.95. The molecular weight excluding hydrogens is 186 g/mol. The van der Waals surface area contributed by atoms with Crippen LogP contribution in [0, 0.1) is 0 Å². The van der Waals surface area contributed by atoms with Crippen molar-refractivity contribution in [2.45, 2.75) is 12.5 Å². The average Bonchev–Trinajstić information content (AvgIpc) is 2.52. The predicted octanol–water partition coefficient (Wildman–Crippen LogP) is 2.02. The first-order chi connectivity index (χ1) is 6.15. The lowest BCUT2D eigenvalue weighted by Crippen LogP contribution is -2.06. The van der Waals surface area contributed by atoms with Gasteiger partial charge in [-0.3, -0.25) is 0 Å². The van der Waals surface area contributed by atoms with Gasteiger partial charge in [-0.25, -0.2) is 4.79 Å². The van der Waals surface area contributed by atoms with Crippen LogP contribution in [0.5, 0.6) is 0 Å². The van der Waals surface area contributed by atoms with Crippen LogP contribution in [-0.2, 0) is 0 Å². The van der Waals surface area contributed by atoms with Crippen LogP contribution in [0.3, 0.4) is 0 Å². The minimum Gasteiger partial charge on any atom is -0.477 e. The van der Waals surface area contributed by atoms with E-state index in [-0.39, 0.29) is 6.04 Å². The molecule has 1 aromatic rings. The molecule has 1 heterocycles. The van der Waals surface area contributed by atoms with Gasteiger partial charge in [0.1, 0.15) is 4.88 Å². The van der Waals surface area contributed by atoms with E-state index in [0.29, 0.717) is 11.3 Å². The Morgan fingerprint density at radius 3 is 2.92 bits per heavy atom. The van der Waals surface area contributed by atoms with Gasteiger partial charge in [0.15, 0.2) is 0 Å². The van der Waals surface area contributed by atoms with Gasteiger partial charge < -0.3 is 10.8 Å². The van der Waals surface area contributed by atoms with Crippen molar-refractivity contribution in [3.8, 4) is 0 Å². The number of carboxylic acids is 1. The molecule has 0 spiro atoms. The Kier molecular flexibility index (Phi) is 3.22. The predicted molar refractivity (Wildman–Crippen MR) is 53.0 cm³/mol. The molecule has 0 bridgehead atoms. The Morgan fingerprint density at radius 2 is 2.46 bits per heavy atom. The number of carbonyl (C=O) groups is 1. The van der Waals surface area contributed by atoms with Gasteiger partial charge in [0.2, 0.25) is 0 Å². The van der Waals surface area contributed by atoms with E-state index >= 15 is 0 Å². The van der Waals surface area contributed by atoms with Crippen molar-refractivity contribution in [1.82, 2.24) is 0 Å². The first-order valence-corrected chi connectivity index (χ1v) is 4.66. The van der Waals surface area contributed by atoms with Crippen molar-refractivity contribution in [1.29, 1.82) is 0 Å². The van der Waals surface area contributed by atoms with E-state index in [1.165, 1.54) is 11.3 Å². The highest BCUT2D eigenvalue weighted by Crippen LogP contribution is 2.23. The van der Waals surface area contributed by atoms with Crippen LogP contribution in [0.1, 0.15) is 27.0 Å². The van der Waals surface area contributed by atoms with E-state index in [1.807, 2.05) is 0 Å². The fourth-order valence-corrected chi connectivity index (χ4v) is 1.82. The summed E-state index contributed by atoms with van der Waals surface area (Å²) in [5.74, 6) is -0.901. The average molecular weight is 197 g/mol. The summed E-state index contributed by atoms with van der Waals surface area (Å²) in [5, 5.41) is 8.66. The Balaban J connectivity index is 2.78. The Hall–Kier alpha value is -1.13. The molecule has 0 fully saturated rings. The van der Waals surface area contributed by atoms with Gasteiger partial charge in [-0.05, 0) is 18.6 Å². The highest BCUT2D eigenvalue weighted by molar-refractivity contribution is 7.14. The summed E-state index contributed by atoms with van der Waals surface area (Å²) < 4.78 is 0. The fourth-order valence-electron chi connectivity index (χ4n) is 0.963. The molecule has 0 aliphatic rings. The molecule has 0 saturated heterocycles. The van der Waals surface area contributed by atoms with Crippen LogP contribution < -0.4 is 5.73 Å². The molecule has 0 amide bonds. The molecule has 4 heteroatoms. The monoisotopic (exact) mass is 197 g/mol. The Bertz CT molecular complexity index is 319. The Morgan fingerprint density at radius 1 is 1.77 bits per heavy atom. The normalized spacial score (nSPS) is 12.4. The molecule has 0 unspecified atom stereocenters. The third-order valence-corrected chi connectivity index (χ3v) is 2.83. The molecule has 0 saturated carbocycles. The molecule has 0 aliphatic carbocycles. The Labute approximate surface area is 80.5 Å². The summed E-state index contributed by atoms with van der Waals surface area (Å²) in [7, 11) is 0. The molecule has 0 aliphatic heterocycles. The molecule has 70 valence electrons. The van der Waals surface area contributed by atoms with Crippen LogP contribution in [0.15, 0.2) is 24.8 Å². The molecule has 3 nitrogen and oxygen atoms in total. The zero-order chi connectivity index (χ0) is 9.84. The lowest BCUT2D eigenvalue weighted by molar-refractivity contribution is 0.0702. The minimum atomic E-state index is -0.901. The van der Waals surface area contributed by atoms with E-state index in [0.717, 1.165) is 4.88 Å². The van der Waals surface area contributed by atoms with Crippen molar-refractivity contribution in [3.05, 3.63) is 34.5 Å². The quantitative estimate of drug-likeness (QED) is 0.726. The van der Waals surface area contributed by atoms with E-state index in [2.05, 4.69) is 6.58 Å². The lowest BCUT2D eigenvalue weighted by Gasteiger charge is -2.04. The van der Waals surface area contributed by atoms with Gasteiger partial charge in [-0.15, -0.1) is 17.9 Å². The largest absolute Gasteiger partial charge is 0.477 e. The van der Waals surface area contributed by atoms with E-state index in [9.17, 15) is 4.79 Å². The van der Waals surface area contributed by atoms with Crippen molar-refractivity contribution in [2.75, 3.05) is 0 Å². The highest BCUT2D eigenvalue weighted by Gasteiger charge is 2.10. The van der Waals surface area contributed by atoms with Gasteiger partial charge >= 0.3 is 5.97 Å². The molecule has 0 aromatic carbocycles. The van der Waals surface area contributed by atoms with Crippen LogP contribution in [-0.4, -0.2) is 11.1 Å². The van der Waals surface area contributed by atoms with Gasteiger partial charge in [0, 0.05) is 10.9 Å². The third-order valence-electron chi connectivity index (χ3n) is 1.62. The zero-order valence-electron chi connectivity index (χ0n) is 7.06. The van der Waals surface area contributed by atoms with Gasteiger partial charge in [-0.1, -0.05) is 6.08 Å². The summed E-state index contributed by atoms with van der Waals surface area (Å²) in [4.78, 5) is 11.8. The molecule has 1 aromatic heterocycles. The van der Waals surface area contributed by atoms with Crippen LogP contribution >= 0.6 is 11.3 Å². The number of thiophene rings is 1. The van der Waals surface area contributed by atoms with Crippen molar-refractivity contribution >= 4 is 17.3 Å². The van der Waals surface area contributed by atoms with Crippen LogP contribution in [0.4, 0.5) is 0 Å². The minimum absolute atomic E-state index is 0.129. The molecule has 3 N–H and O–H groups in total.